The molecule has 0 amide bonds. The Bertz CT molecular complexity index is 869. The van der Waals surface area contributed by atoms with Crippen molar-refractivity contribution in [3.8, 4) is 28.0 Å². The summed E-state index contributed by atoms with van der Waals surface area (Å²) in [6, 6.07) is 21.3. The van der Waals surface area contributed by atoms with Crippen LogP contribution in [0.4, 0.5) is 0 Å². The van der Waals surface area contributed by atoms with Crippen molar-refractivity contribution in [3.05, 3.63) is 77.9 Å². The Morgan fingerprint density at radius 2 is 1.46 bits per heavy atom. The molecule has 3 rings (SSSR count). The smallest absolute Gasteiger partial charge is 0.342 e. The Morgan fingerprint density at radius 1 is 0.917 bits per heavy atom. The van der Waals surface area contributed by atoms with Gasteiger partial charge in [-0.25, -0.2) is 4.79 Å². The van der Waals surface area contributed by atoms with Crippen LogP contribution in [0.5, 0.6) is 5.75 Å². The Morgan fingerprint density at radius 3 is 2.00 bits per heavy atom. The van der Waals surface area contributed by atoms with Crippen LogP contribution in [0.15, 0.2) is 66.7 Å². The molecule has 0 unspecified atom stereocenters. The molecule has 3 aromatic carbocycles. The van der Waals surface area contributed by atoms with Crippen molar-refractivity contribution >= 4 is 5.97 Å². The summed E-state index contributed by atoms with van der Waals surface area (Å²) in [6.07, 6.45) is 0. The zero-order chi connectivity index (χ0) is 17.1. The minimum Gasteiger partial charge on any atom is -0.507 e. The third kappa shape index (κ3) is 2.76. The monoisotopic (exact) mass is 318 g/mol. The molecule has 3 heteroatoms. The highest BCUT2D eigenvalue weighted by Gasteiger charge is 2.24. The van der Waals surface area contributed by atoms with Crippen molar-refractivity contribution in [1.82, 2.24) is 0 Å². The molecule has 120 valence electrons. The highest BCUT2D eigenvalue weighted by molar-refractivity contribution is 6.05. The van der Waals surface area contributed by atoms with Crippen molar-refractivity contribution in [3.63, 3.8) is 0 Å². The Kier molecular flexibility index (Phi) is 4.34. The van der Waals surface area contributed by atoms with Crippen LogP contribution >= 0.6 is 0 Å². The topological polar surface area (TPSA) is 46.5 Å². The number of esters is 1. The number of benzene rings is 3. The Hall–Kier alpha value is -3.07. The molecule has 0 heterocycles. The number of phenols is 1. The number of carbonyl (C=O) groups is 1. The lowest BCUT2D eigenvalue weighted by Crippen LogP contribution is -2.06. The zero-order valence-corrected chi connectivity index (χ0v) is 13.6. The summed E-state index contributed by atoms with van der Waals surface area (Å²) < 4.78 is 4.93. The summed E-state index contributed by atoms with van der Waals surface area (Å²) >= 11 is 0. The molecule has 0 saturated carbocycles. The van der Waals surface area contributed by atoms with E-state index in [1.54, 1.807) is 6.92 Å². The van der Waals surface area contributed by atoms with Crippen molar-refractivity contribution in [2.75, 3.05) is 7.11 Å². The van der Waals surface area contributed by atoms with Crippen LogP contribution in [0, 0.1) is 6.92 Å². The lowest BCUT2D eigenvalue weighted by Gasteiger charge is -2.17. The molecule has 0 aliphatic heterocycles. The largest absolute Gasteiger partial charge is 0.507 e. The first kappa shape index (κ1) is 15.8. The second-order valence-electron chi connectivity index (χ2n) is 5.56. The van der Waals surface area contributed by atoms with Gasteiger partial charge in [-0.3, -0.25) is 0 Å². The normalized spacial score (nSPS) is 10.4. The lowest BCUT2D eigenvalue weighted by atomic mass is 9.88. The van der Waals surface area contributed by atoms with Crippen LogP contribution in [-0.2, 0) is 4.74 Å². The molecule has 0 aliphatic rings. The van der Waals surface area contributed by atoms with Gasteiger partial charge in [0.2, 0.25) is 0 Å². The predicted octanol–water partition coefficient (Wildman–Crippen LogP) is 4.82. The number of hydrogen-bond acceptors (Lipinski definition) is 3. The molecule has 0 aromatic heterocycles. The van der Waals surface area contributed by atoms with E-state index < -0.39 is 5.97 Å². The van der Waals surface area contributed by atoms with E-state index in [0.717, 1.165) is 16.7 Å². The lowest BCUT2D eigenvalue weighted by molar-refractivity contribution is 0.0598. The first-order valence-corrected chi connectivity index (χ1v) is 7.69. The van der Waals surface area contributed by atoms with Gasteiger partial charge in [0.05, 0.1) is 7.11 Å². The van der Waals surface area contributed by atoms with E-state index in [4.69, 9.17) is 4.74 Å². The number of hydrogen-bond donors (Lipinski definition) is 1. The number of phenolic OH excluding ortho intramolecular Hbond substituents is 1. The van der Waals surface area contributed by atoms with Crippen LogP contribution < -0.4 is 0 Å². The minimum absolute atomic E-state index is 0.0413. The van der Waals surface area contributed by atoms with Gasteiger partial charge in [-0.15, -0.1) is 0 Å². The standard InChI is InChI=1S/C21H18O3/c1-14-13-17(15-9-5-3-6-10-15)18(16-11-7-4-8-12-16)19(20(14)22)21(23)24-2/h3-13,22H,1-2H3. The van der Waals surface area contributed by atoms with Gasteiger partial charge in [0, 0.05) is 5.56 Å². The average molecular weight is 318 g/mol. The van der Waals surface area contributed by atoms with E-state index in [0.29, 0.717) is 11.1 Å². The van der Waals surface area contributed by atoms with Gasteiger partial charge in [-0.1, -0.05) is 60.7 Å². The summed E-state index contributed by atoms with van der Waals surface area (Å²) in [5, 5.41) is 10.5. The second kappa shape index (κ2) is 6.59. The molecule has 0 saturated heterocycles. The fraction of sp³-hybridized carbons (Fsp3) is 0.0952. The van der Waals surface area contributed by atoms with Crippen molar-refractivity contribution < 1.29 is 14.6 Å². The van der Waals surface area contributed by atoms with Crippen LogP contribution in [0.1, 0.15) is 15.9 Å². The summed E-state index contributed by atoms with van der Waals surface area (Å²) in [6.45, 7) is 1.78. The molecule has 0 aliphatic carbocycles. The Labute approximate surface area is 141 Å². The number of methoxy groups -OCH3 is 1. The molecule has 0 atom stereocenters. The number of aryl methyl sites for hydroxylation is 1. The summed E-state index contributed by atoms with van der Waals surface area (Å²) in [4.78, 5) is 12.4. The average Bonchev–Trinajstić information content (AvgIpc) is 2.64. The van der Waals surface area contributed by atoms with Crippen LogP contribution in [-0.4, -0.2) is 18.2 Å². The van der Waals surface area contributed by atoms with Crippen molar-refractivity contribution in [1.29, 1.82) is 0 Å². The van der Waals surface area contributed by atoms with Gasteiger partial charge >= 0.3 is 5.97 Å². The number of rotatable bonds is 3. The summed E-state index contributed by atoms with van der Waals surface area (Å²) in [5.41, 5.74) is 4.22. The van der Waals surface area contributed by atoms with E-state index in [2.05, 4.69) is 0 Å². The van der Waals surface area contributed by atoms with E-state index in [-0.39, 0.29) is 11.3 Å². The third-order valence-corrected chi connectivity index (χ3v) is 4.03. The highest BCUT2D eigenvalue weighted by atomic mass is 16.5. The molecule has 0 bridgehead atoms. The molecular formula is C21H18O3. The molecule has 3 nitrogen and oxygen atoms in total. The second-order valence-corrected chi connectivity index (χ2v) is 5.56. The first-order chi connectivity index (χ1) is 11.6. The molecule has 0 spiro atoms. The van der Waals surface area contributed by atoms with E-state index in [1.165, 1.54) is 7.11 Å². The third-order valence-electron chi connectivity index (χ3n) is 4.03. The maximum atomic E-state index is 12.4. The van der Waals surface area contributed by atoms with Crippen LogP contribution in [0.25, 0.3) is 22.3 Å². The number of ether oxygens (including phenoxy) is 1. The van der Waals surface area contributed by atoms with Crippen LogP contribution in [0.2, 0.25) is 0 Å². The zero-order valence-electron chi connectivity index (χ0n) is 13.6. The fourth-order valence-electron chi connectivity index (χ4n) is 2.86. The van der Waals surface area contributed by atoms with Gasteiger partial charge in [0.15, 0.2) is 0 Å². The maximum Gasteiger partial charge on any atom is 0.342 e. The Balaban J connectivity index is 2.41. The van der Waals surface area contributed by atoms with Crippen molar-refractivity contribution in [2.24, 2.45) is 0 Å². The quantitative estimate of drug-likeness (QED) is 0.704. The van der Waals surface area contributed by atoms with Gasteiger partial charge in [0.1, 0.15) is 11.3 Å². The number of carbonyl (C=O) groups excluding carboxylic acids is 1. The summed E-state index contributed by atoms with van der Waals surface area (Å²) in [7, 11) is 1.32. The number of aromatic hydroxyl groups is 1. The predicted molar refractivity (Wildman–Crippen MR) is 95.1 cm³/mol. The molecule has 24 heavy (non-hydrogen) atoms. The van der Waals surface area contributed by atoms with Crippen LogP contribution in [0.3, 0.4) is 0 Å². The fourth-order valence-corrected chi connectivity index (χ4v) is 2.86. The van der Waals surface area contributed by atoms with E-state index in [1.807, 2.05) is 66.7 Å². The van der Waals surface area contributed by atoms with Gasteiger partial charge in [0.25, 0.3) is 0 Å². The van der Waals surface area contributed by atoms with Gasteiger partial charge in [-0.2, -0.15) is 0 Å². The van der Waals surface area contributed by atoms with Crippen molar-refractivity contribution in [2.45, 2.75) is 6.92 Å². The SMILES string of the molecule is COC(=O)c1c(O)c(C)cc(-c2ccccc2)c1-c1ccccc1. The molecule has 3 aromatic rings. The van der Waals surface area contributed by atoms with E-state index >= 15 is 0 Å². The molecular weight excluding hydrogens is 300 g/mol. The maximum absolute atomic E-state index is 12.4. The molecule has 0 radical (unpaired) electrons. The first-order valence-electron chi connectivity index (χ1n) is 7.69. The summed E-state index contributed by atoms with van der Waals surface area (Å²) in [5.74, 6) is -0.590. The van der Waals surface area contributed by atoms with E-state index in [9.17, 15) is 9.90 Å². The highest BCUT2D eigenvalue weighted by Crippen LogP contribution is 2.41. The van der Waals surface area contributed by atoms with Gasteiger partial charge < -0.3 is 9.84 Å². The molecule has 1 N–H and O–H groups in total. The minimum atomic E-state index is -0.549. The molecule has 0 fully saturated rings. The van der Waals surface area contributed by atoms with Gasteiger partial charge in [-0.05, 0) is 35.2 Å².